The fourth-order valence-electron chi connectivity index (χ4n) is 10.6. The standard InChI is InChI=1S/C71H138O17P2/c1-9-62(6)48-40-32-24-18-16-14-12-13-15-17-19-26-35-43-51-68(73)81-58-67(88-71(76)54-46-38-30-29-34-42-50-64(8)11-3)60-86-90(79,80)84-56-65(72)55-83-89(77,78)85-59-66(57-82-69(74)52-44-36-28-22-23-31-39-47-61(4)5)87-70(75)53-45-37-27-21-20-25-33-41-49-63(7)10-2/h61-67,72H,9-60H2,1-8H3,(H,77,78)(H,79,80)/t62?,63?,64?,65?,66-,67-/m1/s1. The number of phosphoric ester groups is 2. The van der Waals surface area contributed by atoms with Crippen molar-refractivity contribution in [3.05, 3.63) is 0 Å². The number of hydrogen-bond donors (Lipinski definition) is 3. The van der Waals surface area contributed by atoms with E-state index in [-0.39, 0.29) is 25.7 Å². The van der Waals surface area contributed by atoms with E-state index in [0.29, 0.717) is 31.6 Å². The molecule has 0 amide bonds. The molecule has 0 fully saturated rings. The molecule has 90 heavy (non-hydrogen) atoms. The first-order valence-electron chi connectivity index (χ1n) is 36.8. The molecule has 19 heteroatoms. The van der Waals surface area contributed by atoms with Gasteiger partial charge >= 0.3 is 39.5 Å². The normalized spacial score (nSPS) is 15.2. The molecule has 0 saturated heterocycles. The number of esters is 4. The number of carbonyl (C=O) groups excluding carboxylic acids is 4. The van der Waals surface area contributed by atoms with E-state index in [0.717, 1.165) is 114 Å². The van der Waals surface area contributed by atoms with Crippen LogP contribution in [0.2, 0.25) is 0 Å². The third-order valence-corrected chi connectivity index (χ3v) is 19.3. The quantitative estimate of drug-likeness (QED) is 0.0222. The Morgan fingerprint density at radius 2 is 0.533 bits per heavy atom. The minimum atomic E-state index is -4.95. The van der Waals surface area contributed by atoms with E-state index >= 15 is 0 Å². The second-order valence-electron chi connectivity index (χ2n) is 26.8. The fourth-order valence-corrected chi connectivity index (χ4v) is 12.1. The van der Waals surface area contributed by atoms with Gasteiger partial charge in [-0.05, 0) is 49.4 Å². The molecule has 0 rings (SSSR count). The molecule has 0 aromatic carbocycles. The SMILES string of the molecule is CCC(C)CCCCCCCCCCCCCCCCC(=O)OC[C@H](COP(=O)(O)OCC(O)COP(=O)(O)OC[C@@H](COC(=O)CCCCCCCCCC(C)C)OC(=O)CCCCCCCCCCC(C)CC)OC(=O)CCCCCCCCC(C)CC. The Bertz CT molecular complexity index is 1790. The van der Waals surface area contributed by atoms with Crippen molar-refractivity contribution in [2.24, 2.45) is 23.7 Å². The number of aliphatic hydroxyl groups is 1. The first kappa shape index (κ1) is 88.1. The molecule has 17 nitrogen and oxygen atoms in total. The molecule has 6 unspecified atom stereocenters. The predicted molar refractivity (Wildman–Crippen MR) is 363 cm³/mol. The number of ether oxygens (including phenoxy) is 4. The molecule has 0 aromatic heterocycles. The average Bonchev–Trinajstić information content (AvgIpc) is 3.65. The number of unbranched alkanes of at least 4 members (excludes halogenated alkanes) is 31. The van der Waals surface area contributed by atoms with Crippen LogP contribution in [0.15, 0.2) is 0 Å². The highest BCUT2D eigenvalue weighted by molar-refractivity contribution is 7.47. The topological polar surface area (TPSA) is 237 Å². The number of aliphatic hydroxyl groups excluding tert-OH is 1. The average molecular weight is 1330 g/mol. The molecule has 0 saturated carbocycles. The van der Waals surface area contributed by atoms with Crippen LogP contribution in [0.5, 0.6) is 0 Å². The maximum absolute atomic E-state index is 13.0. The van der Waals surface area contributed by atoms with Crippen LogP contribution in [0.1, 0.15) is 351 Å². The van der Waals surface area contributed by atoms with Gasteiger partial charge in [0.25, 0.3) is 0 Å². The minimum absolute atomic E-state index is 0.103. The smallest absolute Gasteiger partial charge is 0.462 e. The van der Waals surface area contributed by atoms with Crippen LogP contribution in [0.25, 0.3) is 0 Å². The lowest BCUT2D eigenvalue weighted by atomic mass is 9.99. The van der Waals surface area contributed by atoms with E-state index < -0.39 is 97.5 Å². The van der Waals surface area contributed by atoms with Gasteiger partial charge < -0.3 is 33.8 Å². The van der Waals surface area contributed by atoms with Crippen LogP contribution < -0.4 is 0 Å². The molecule has 0 aliphatic heterocycles. The van der Waals surface area contributed by atoms with Gasteiger partial charge in [0.05, 0.1) is 26.4 Å². The van der Waals surface area contributed by atoms with Gasteiger partial charge in [-0.3, -0.25) is 37.3 Å². The van der Waals surface area contributed by atoms with Gasteiger partial charge in [0.1, 0.15) is 19.3 Å². The summed E-state index contributed by atoms with van der Waals surface area (Å²) in [5.41, 5.74) is 0. The van der Waals surface area contributed by atoms with Crippen molar-refractivity contribution in [3.63, 3.8) is 0 Å². The minimum Gasteiger partial charge on any atom is -0.462 e. The zero-order valence-corrected chi connectivity index (χ0v) is 60.6. The molecular formula is C71H138O17P2. The summed E-state index contributed by atoms with van der Waals surface area (Å²) in [6.45, 7) is 14.1. The Labute approximate surface area is 549 Å². The lowest BCUT2D eigenvalue weighted by Crippen LogP contribution is -2.30. The fraction of sp³-hybridized carbons (Fsp3) is 0.944. The van der Waals surface area contributed by atoms with Crippen LogP contribution in [-0.2, 0) is 65.4 Å². The highest BCUT2D eigenvalue weighted by Crippen LogP contribution is 2.45. The van der Waals surface area contributed by atoms with Gasteiger partial charge in [0.15, 0.2) is 12.2 Å². The molecule has 0 radical (unpaired) electrons. The Morgan fingerprint density at radius 3 is 0.789 bits per heavy atom. The Balaban J connectivity index is 5.20. The van der Waals surface area contributed by atoms with Crippen molar-refractivity contribution in [2.75, 3.05) is 39.6 Å². The van der Waals surface area contributed by atoms with Crippen LogP contribution in [0.4, 0.5) is 0 Å². The van der Waals surface area contributed by atoms with Gasteiger partial charge in [-0.15, -0.1) is 0 Å². The molecule has 0 spiro atoms. The molecular weight excluding hydrogens is 1190 g/mol. The Kier molecular flexibility index (Phi) is 59.4. The number of hydrogen-bond acceptors (Lipinski definition) is 15. The summed E-state index contributed by atoms with van der Waals surface area (Å²) >= 11 is 0. The first-order chi connectivity index (χ1) is 43.2. The molecule has 0 heterocycles. The highest BCUT2D eigenvalue weighted by Gasteiger charge is 2.30. The van der Waals surface area contributed by atoms with Crippen molar-refractivity contribution in [1.82, 2.24) is 0 Å². The zero-order chi connectivity index (χ0) is 66.8. The lowest BCUT2D eigenvalue weighted by molar-refractivity contribution is -0.161. The molecule has 0 aromatic rings. The van der Waals surface area contributed by atoms with Gasteiger partial charge in [-0.1, -0.05) is 299 Å². The summed E-state index contributed by atoms with van der Waals surface area (Å²) in [6, 6.07) is 0. The maximum atomic E-state index is 13.0. The van der Waals surface area contributed by atoms with E-state index in [9.17, 15) is 43.2 Å². The third-order valence-electron chi connectivity index (χ3n) is 17.4. The molecule has 8 atom stereocenters. The van der Waals surface area contributed by atoms with Crippen LogP contribution in [0, 0.1) is 23.7 Å². The molecule has 0 aliphatic rings. The van der Waals surface area contributed by atoms with Crippen LogP contribution in [-0.4, -0.2) is 96.7 Å². The Hall–Kier alpha value is -1.94. The molecule has 534 valence electrons. The Morgan fingerprint density at radius 1 is 0.311 bits per heavy atom. The van der Waals surface area contributed by atoms with E-state index in [1.807, 2.05) is 0 Å². The molecule has 3 N–H and O–H groups in total. The third kappa shape index (κ3) is 61.0. The van der Waals surface area contributed by atoms with Gasteiger partial charge in [-0.25, -0.2) is 9.13 Å². The van der Waals surface area contributed by atoms with Crippen molar-refractivity contribution < 1.29 is 80.2 Å². The van der Waals surface area contributed by atoms with Gasteiger partial charge in [-0.2, -0.15) is 0 Å². The summed E-state index contributed by atoms with van der Waals surface area (Å²) in [5, 5.41) is 10.6. The van der Waals surface area contributed by atoms with Crippen molar-refractivity contribution in [3.8, 4) is 0 Å². The summed E-state index contributed by atoms with van der Waals surface area (Å²) in [6.07, 6.45) is 43.1. The molecule has 0 aliphatic carbocycles. The highest BCUT2D eigenvalue weighted by atomic mass is 31.2. The summed E-state index contributed by atoms with van der Waals surface area (Å²) < 4.78 is 68.3. The predicted octanol–water partition coefficient (Wildman–Crippen LogP) is 20.1. The van der Waals surface area contributed by atoms with Crippen molar-refractivity contribution in [2.45, 2.75) is 369 Å². The number of phosphoric acid groups is 2. The van der Waals surface area contributed by atoms with E-state index in [1.54, 1.807) is 0 Å². The monoisotopic (exact) mass is 1320 g/mol. The zero-order valence-electron chi connectivity index (χ0n) is 58.8. The number of carbonyl (C=O) groups is 4. The van der Waals surface area contributed by atoms with Crippen molar-refractivity contribution in [1.29, 1.82) is 0 Å². The first-order valence-corrected chi connectivity index (χ1v) is 39.8. The van der Waals surface area contributed by atoms with E-state index in [4.69, 9.17) is 37.0 Å². The number of rotatable bonds is 68. The largest absolute Gasteiger partial charge is 0.472 e. The van der Waals surface area contributed by atoms with E-state index in [1.165, 1.54) is 148 Å². The summed E-state index contributed by atoms with van der Waals surface area (Å²) in [7, 11) is -9.90. The maximum Gasteiger partial charge on any atom is 0.472 e. The van der Waals surface area contributed by atoms with Crippen molar-refractivity contribution >= 4 is 39.5 Å². The van der Waals surface area contributed by atoms with Gasteiger partial charge in [0, 0.05) is 25.7 Å². The summed E-state index contributed by atoms with van der Waals surface area (Å²) in [4.78, 5) is 72.5. The van der Waals surface area contributed by atoms with Crippen LogP contribution in [0.3, 0.4) is 0 Å². The molecule has 0 bridgehead atoms. The second-order valence-corrected chi connectivity index (χ2v) is 29.7. The van der Waals surface area contributed by atoms with E-state index in [2.05, 4.69) is 55.4 Å². The second kappa shape index (κ2) is 60.7. The summed E-state index contributed by atoms with van der Waals surface area (Å²) in [5.74, 6) is 0.912. The van der Waals surface area contributed by atoms with Gasteiger partial charge in [0.2, 0.25) is 0 Å². The van der Waals surface area contributed by atoms with Crippen LogP contribution >= 0.6 is 15.6 Å². The lowest BCUT2D eigenvalue weighted by Gasteiger charge is -2.21.